The van der Waals surface area contributed by atoms with Crippen LogP contribution in [-0.2, 0) is 4.79 Å². The van der Waals surface area contributed by atoms with Crippen molar-refractivity contribution in [2.45, 2.75) is 51.6 Å². The standard InChI is InChI=1S/C17H25NO5.ClH/c1-2-3-4-6-14(19)9-8-13-11-16(15(20)12-18-13)23-10-5-7-17(21)22;/h8-9,11-12,14,19-20H,2-7,10H2,1H3,(H,21,22);1H. The van der Waals surface area contributed by atoms with Crippen molar-refractivity contribution in [3.05, 3.63) is 24.0 Å². The predicted molar refractivity (Wildman–Crippen MR) is 94.7 cm³/mol. The molecule has 1 heterocycles. The minimum absolute atomic E-state index is 0. The van der Waals surface area contributed by atoms with Crippen LogP contribution < -0.4 is 4.74 Å². The van der Waals surface area contributed by atoms with Gasteiger partial charge in [0.25, 0.3) is 0 Å². The summed E-state index contributed by atoms with van der Waals surface area (Å²) in [4.78, 5) is 14.5. The first-order valence-corrected chi connectivity index (χ1v) is 7.92. The van der Waals surface area contributed by atoms with Crippen LogP contribution in [0.4, 0.5) is 0 Å². The minimum atomic E-state index is -0.881. The maximum absolute atomic E-state index is 10.4. The van der Waals surface area contributed by atoms with Crippen LogP contribution >= 0.6 is 12.4 Å². The van der Waals surface area contributed by atoms with Gasteiger partial charge < -0.3 is 20.1 Å². The summed E-state index contributed by atoms with van der Waals surface area (Å²) in [5.41, 5.74) is 0.561. The summed E-state index contributed by atoms with van der Waals surface area (Å²) in [6.45, 7) is 2.31. The molecule has 1 rings (SSSR count). The molecule has 0 aliphatic rings. The number of hydrogen-bond donors (Lipinski definition) is 3. The first-order valence-electron chi connectivity index (χ1n) is 7.92. The summed E-state index contributed by atoms with van der Waals surface area (Å²) in [5, 5.41) is 28.1. The summed E-state index contributed by atoms with van der Waals surface area (Å²) >= 11 is 0. The number of carboxylic acid groups (broad SMARTS) is 1. The van der Waals surface area contributed by atoms with Gasteiger partial charge in [0.05, 0.1) is 24.6 Å². The zero-order chi connectivity index (χ0) is 17.1. The van der Waals surface area contributed by atoms with E-state index in [0.29, 0.717) is 18.5 Å². The molecule has 0 spiro atoms. The number of hydrogen-bond acceptors (Lipinski definition) is 5. The Hall–Kier alpha value is -1.79. The number of aliphatic hydroxyl groups excluding tert-OH is 1. The Labute approximate surface area is 148 Å². The van der Waals surface area contributed by atoms with Gasteiger partial charge in [-0.15, -0.1) is 12.4 Å². The number of rotatable bonds is 11. The van der Waals surface area contributed by atoms with Gasteiger partial charge in [0.15, 0.2) is 11.5 Å². The van der Waals surface area contributed by atoms with E-state index in [9.17, 15) is 15.0 Å². The number of halogens is 1. The maximum atomic E-state index is 10.4. The number of carbonyl (C=O) groups is 1. The molecular formula is C17H26ClNO5. The lowest BCUT2D eigenvalue weighted by molar-refractivity contribution is -0.137. The summed E-state index contributed by atoms with van der Waals surface area (Å²) in [6.07, 6.45) is 8.37. The van der Waals surface area contributed by atoms with Crippen molar-refractivity contribution in [3.63, 3.8) is 0 Å². The first-order chi connectivity index (χ1) is 11.0. The van der Waals surface area contributed by atoms with Crippen LogP contribution in [0, 0.1) is 0 Å². The first kappa shape index (κ1) is 22.2. The van der Waals surface area contributed by atoms with Gasteiger partial charge in [-0.25, -0.2) is 0 Å². The molecule has 0 aliphatic carbocycles. The van der Waals surface area contributed by atoms with E-state index in [1.54, 1.807) is 18.2 Å². The maximum Gasteiger partial charge on any atom is 0.303 e. The lowest BCUT2D eigenvalue weighted by Crippen LogP contribution is -2.03. The summed E-state index contributed by atoms with van der Waals surface area (Å²) in [6, 6.07) is 1.56. The highest BCUT2D eigenvalue weighted by Crippen LogP contribution is 2.26. The highest BCUT2D eigenvalue weighted by molar-refractivity contribution is 5.85. The second-order valence-electron chi connectivity index (χ2n) is 5.34. The molecule has 0 saturated heterocycles. The van der Waals surface area contributed by atoms with E-state index in [2.05, 4.69) is 11.9 Å². The highest BCUT2D eigenvalue weighted by atomic mass is 35.5. The van der Waals surface area contributed by atoms with E-state index >= 15 is 0 Å². The molecule has 0 radical (unpaired) electrons. The SMILES string of the molecule is CCCCCC(O)C=Cc1cc(OCCCC(=O)O)c(O)cn1.Cl. The monoisotopic (exact) mass is 359 g/mol. The Bertz CT molecular complexity index is 522. The van der Waals surface area contributed by atoms with E-state index < -0.39 is 12.1 Å². The average Bonchev–Trinajstić information content (AvgIpc) is 2.52. The molecule has 7 heteroatoms. The van der Waals surface area contributed by atoms with Crippen LogP contribution in [-0.4, -0.2) is 39.0 Å². The van der Waals surface area contributed by atoms with Gasteiger partial charge >= 0.3 is 5.97 Å². The highest BCUT2D eigenvalue weighted by Gasteiger charge is 2.06. The van der Waals surface area contributed by atoms with E-state index in [1.807, 2.05) is 0 Å². The number of unbranched alkanes of at least 4 members (excludes halogenated alkanes) is 2. The van der Waals surface area contributed by atoms with Gasteiger partial charge in [0, 0.05) is 12.5 Å². The van der Waals surface area contributed by atoms with Gasteiger partial charge in [-0.05, 0) is 18.9 Å². The Morgan fingerprint density at radius 2 is 2.12 bits per heavy atom. The molecule has 3 N–H and O–H groups in total. The third-order valence-corrected chi connectivity index (χ3v) is 3.25. The number of aliphatic carboxylic acids is 1. The Kier molecular flexibility index (Phi) is 11.7. The molecule has 0 aromatic carbocycles. The fraction of sp³-hybridized carbons (Fsp3) is 0.529. The summed E-state index contributed by atoms with van der Waals surface area (Å²) in [5.74, 6) is -0.722. The number of carboxylic acids is 1. The van der Waals surface area contributed by atoms with Crippen molar-refractivity contribution in [1.29, 1.82) is 0 Å². The van der Waals surface area contributed by atoms with Gasteiger partial charge in [0.1, 0.15) is 0 Å². The van der Waals surface area contributed by atoms with Crippen LogP contribution in [0.3, 0.4) is 0 Å². The van der Waals surface area contributed by atoms with E-state index in [1.165, 1.54) is 6.20 Å². The van der Waals surface area contributed by atoms with Crippen molar-refractivity contribution in [1.82, 2.24) is 4.98 Å². The quantitative estimate of drug-likeness (QED) is 0.523. The number of pyridine rings is 1. The number of nitrogens with zero attached hydrogens (tertiary/aromatic N) is 1. The van der Waals surface area contributed by atoms with E-state index in [0.717, 1.165) is 19.3 Å². The number of aromatic nitrogens is 1. The van der Waals surface area contributed by atoms with Gasteiger partial charge in [-0.1, -0.05) is 32.3 Å². The number of aliphatic hydroxyl groups is 1. The van der Waals surface area contributed by atoms with Crippen LogP contribution in [0.2, 0.25) is 0 Å². The molecule has 1 aromatic heterocycles. The molecule has 136 valence electrons. The van der Waals surface area contributed by atoms with E-state index in [-0.39, 0.29) is 36.9 Å². The number of aromatic hydroxyl groups is 1. The Morgan fingerprint density at radius 3 is 2.79 bits per heavy atom. The van der Waals surface area contributed by atoms with Crippen LogP contribution in [0.25, 0.3) is 6.08 Å². The van der Waals surface area contributed by atoms with Crippen molar-refractivity contribution in [2.24, 2.45) is 0 Å². The fourth-order valence-electron chi connectivity index (χ4n) is 1.97. The predicted octanol–water partition coefficient (Wildman–Crippen LogP) is 3.41. The largest absolute Gasteiger partial charge is 0.503 e. The summed E-state index contributed by atoms with van der Waals surface area (Å²) < 4.78 is 5.36. The molecule has 1 atom stereocenters. The second-order valence-corrected chi connectivity index (χ2v) is 5.34. The third-order valence-electron chi connectivity index (χ3n) is 3.25. The third kappa shape index (κ3) is 9.37. The molecule has 24 heavy (non-hydrogen) atoms. The Balaban J connectivity index is 0.00000529. The number of ether oxygens (including phenoxy) is 1. The van der Waals surface area contributed by atoms with Gasteiger partial charge in [-0.2, -0.15) is 0 Å². The average molecular weight is 360 g/mol. The molecule has 0 bridgehead atoms. The normalized spacial score (nSPS) is 11.9. The molecule has 0 aliphatic heterocycles. The lowest BCUT2D eigenvalue weighted by Gasteiger charge is -2.08. The molecule has 0 amide bonds. The van der Waals surface area contributed by atoms with Crippen LogP contribution in [0.5, 0.6) is 11.5 Å². The van der Waals surface area contributed by atoms with Crippen molar-refractivity contribution in [3.8, 4) is 11.5 Å². The van der Waals surface area contributed by atoms with Crippen molar-refractivity contribution < 1.29 is 24.9 Å². The smallest absolute Gasteiger partial charge is 0.303 e. The molecule has 0 saturated carbocycles. The molecular weight excluding hydrogens is 334 g/mol. The fourth-order valence-corrected chi connectivity index (χ4v) is 1.97. The molecule has 1 aromatic rings. The molecule has 6 nitrogen and oxygen atoms in total. The molecule has 0 fully saturated rings. The summed E-state index contributed by atoms with van der Waals surface area (Å²) in [7, 11) is 0. The zero-order valence-corrected chi connectivity index (χ0v) is 14.7. The topological polar surface area (TPSA) is 99.9 Å². The van der Waals surface area contributed by atoms with Gasteiger partial charge in [-0.3, -0.25) is 9.78 Å². The van der Waals surface area contributed by atoms with Crippen LogP contribution in [0.1, 0.15) is 51.1 Å². The van der Waals surface area contributed by atoms with Crippen molar-refractivity contribution in [2.75, 3.05) is 6.61 Å². The van der Waals surface area contributed by atoms with Gasteiger partial charge in [0.2, 0.25) is 0 Å². The lowest BCUT2D eigenvalue weighted by atomic mass is 10.1. The van der Waals surface area contributed by atoms with E-state index in [4.69, 9.17) is 9.84 Å². The van der Waals surface area contributed by atoms with Crippen molar-refractivity contribution >= 4 is 24.5 Å². The second kappa shape index (κ2) is 12.6. The van der Waals surface area contributed by atoms with Crippen LogP contribution in [0.15, 0.2) is 18.3 Å². The zero-order valence-electron chi connectivity index (χ0n) is 13.9. The minimum Gasteiger partial charge on any atom is -0.503 e. The Morgan fingerprint density at radius 1 is 1.38 bits per heavy atom. The molecule has 1 unspecified atom stereocenters.